The Labute approximate surface area is 339 Å². The van der Waals surface area contributed by atoms with Gasteiger partial charge in [0.05, 0.1) is 22.3 Å². The minimum Gasteiger partial charge on any atom is -0.444 e. The van der Waals surface area contributed by atoms with Crippen molar-refractivity contribution in [1.29, 1.82) is 0 Å². The predicted octanol–water partition coefficient (Wildman–Crippen LogP) is 6.57. The number of carbonyl (C=O) groups is 4. The van der Waals surface area contributed by atoms with Gasteiger partial charge in [0.1, 0.15) is 18.2 Å². The Kier molecular flexibility index (Phi) is 17.3. The highest BCUT2D eigenvalue weighted by Crippen LogP contribution is 2.26. The number of carbonyl (C=O) groups excluding carboxylic acids is 4. The number of hydrogen-bond acceptors (Lipinski definition) is 10. The number of thiazole rings is 1. The molecule has 0 fully saturated rings. The summed E-state index contributed by atoms with van der Waals surface area (Å²) in [6, 6.07) is 17.7. The van der Waals surface area contributed by atoms with E-state index in [1.165, 1.54) is 16.2 Å². The third-order valence-corrected chi connectivity index (χ3v) is 10.9. The number of thioether (sulfide) groups is 1. The molecule has 4 rings (SSSR count). The third-order valence-electron chi connectivity index (χ3n) is 8.77. The van der Waals surface area contributed by atoms with Crippen LogP contribution in [-0.4, -0.2) is 83.2 Å². The Bertz CT molecular complexity index is 1700. The zero-order valence-corrected chi connectivity index (χ0v) is 34.8. The predicted molar refractivity (Wildman–Crippen MR) is 222 cm³/mol. The number of likely N-dealkylation sites (N-methyl/N-ethyl adjacent to an activating group) is 1. The molecule has 0 radical (unpaired) electrons. The van der Waals surface area contributed by atoms with Gasteiger partial charge in [-0.05, 0) is 75.3 Å². The van der Waals surface area contributed by atoms with Crippen LogP contribution in [0.25, 0.3) is 0 Å². The largest absolute Gasteiger partial charge is 0.444 e. The number of nitrogens with one attached hydrogen (secondary N) is 5. The fraction of sp³-hybridized carbons (Fsp3) is 0.488. The monoisotopic (exact) mass is 807 g/mol. The second-order valence-electron chi connectivity index (χ2n) is 15.2. The standard InChI is InChI=1S/C41H57N7O6S2/c1-28(2)37-45-33(26-55-37)24-48(6)38(50)47-35(19-20-43-39(51)54-41(3,4)5)36(49)44-31(21-29-13-9-7-10-14-29)17-18-32(22-30-15-11-8-12-16-30)46-40(52)53-25-34-23-42-27-56-34/h7-16,23,26-28,31-32,35,37,45H,17-22,24-25H2,1-6H3,(H,43,51)(H,44,49)(H,46,52)(H,47,50). The molecule has 5 N–H and O–H groups in total. The van der Waals surface area contributed by atoms with Gasteiger partial charge in [-0.3, -0.25) is 9.78 Å². The van der Waals surface area contributed by atoms with Crippen LogP contribution in [-0.2, 0) is 33.7 Å². The highest BCUT2D eigenvalue weighted by atomic mass is 32.2. The molecule has 1 aliphatic rings. The van der Waals surface area contributed by atoms with E-state index in [9.17, 15) is 19.2 Å². The van der Waals surface area contributed by atoms with Gasteiger partial charge >= 0.3 is 18.2 Å². The lowest BCUT2D eigenvalue weighted by Gasteiger charge is -2.28. The molecule has 0 saturated carbocycles. The van der Waals surface area contributed by atoms with E-state index in [1.54, 1.807) is 51.3 Å². The van der Waals surface area contributed by atoms with Crippen LogP contribution in [0.1, 0.15) is 69.9 Å². The molecule has 0 saturated heterocycles. The quantitative estimate of drug-likeness (QED) is 0.0902. The van der Waals surface area contributed by atoms with E-state index >= 15 is 0 Å². The summed E-state index contributed by atoms with van der Waals surface area (Å²) >= 11 is 3.10. The van der Waals surface area contributed by atoms with Crippen LogP contribution in [0.4, 0.5) is 14.4 Å². The molecule has 1 aromatic heterocycles. The van der Waals surface area contributed by atoms with Crippen molar-refractivity contribution in [3.05, 3.63) is 99.5 Å². The normalized spacial score (nSPS) is 15.4. The fourth-order valence-corrected chi connectivity index (χ4v) is 7.40. The molecule has 0 aliphatic carbocycles. The molecule has 3 aromatic rings. The smallest absolute Gasteiger partial charge is 0.407 e. The minimum atomic E-state index is -0.971. The number of ether oxygens (including phenoxy) is 2. The fourth-order valence-electron chi connectivity index (χ4n) is 5.91. The lowest BCUT2D eigenvalue weighted by molar-refractivity contribution is -0.123. The third kappa shape index (κ3) is 16.1. The number of aromatic nitrogens is 1. The van der Waals surface area contributed by atoms with E-state index < -0.39 is 29.9 Å². The Morgan fingerprint density at radius 2 is 1.50 bits per heavy atom. The molecule has 5 amide bonds. The molecule has 0 spiro atoms. The summed E-state index contributed by atoms with van der Waals surface area (Å²) in [4.78, 5) is 59.6. The van der Waals surface area contributed by atoms with Crippen molar-refractivity contribution >= 4 is 47.2 Å². The van der Waals surface area contributed by atoms with Crippen LogP contribution in [0.3, 0.4) is 0 Å². The van der Waals surface area contributed by atoms with Gasteiger partial charge in [-0.15, -0.1) is 23.1 Å². The molecule has 1 aliphatic heterocycles. The van der Waals surface area contributed by atoms with Crippen molar-refractivity contribution in [2.45, 2.75) is 102 Å². The van der Waals surface area contributed by atoms with Gasteiger partial charge in [0.2, 0.25) is 5.91 Å². The molecular formula is C41H57N7O6S2. The molecule has 15 heteroatoms. The summed E-state index contributed by atoms with van der Waals surface area (Å²) in [7, 11) is 1.68. The van der Waals surface area contributed by atoms with E-state index in [-0.39, 0.29) is 42.9 Å². The molecule has 304 valence electrons. The molecule has 13 nitrogen and oxygen atoms in total. The summed E-state index contributed by atoms with van der Waals surface area (Å²) < 4.78 is 10.9. The van der Waals surface area contributed by atoms with Crippen molar-refractivity contribution in [2.24, 2.45) is 5.92 Å². The van der Waals surface area contributed by atoms with Crippen molar-refractivity contribution in [1.82, 2.24) is 36.5 Å². The number of amides is 5. The van der Waals surface area contributed by atoms with E-state index in [1.807, 2.05) is 66.1 Å². The van der Waals surface area contributed by atoms with Crippen molar-refractivity contribution in [2.75, 3.05) is 20.1 Å². The first-order valence-electron chi connectivity index (χ1n) is 19.0. The molecule has 2 heterocycles. The van der Waals surface area contributed by atoms with Crippen LogP contribution < -0.4 is 26.6 Å². The zero-order chi connectivity index (χ0) is 40.5. The number of benzene rings is 2. The number of rotatable bonds is 19. The van der Waals surface area contributed by atoms with Crippen molar-refractivity contribution < 1.29 is 28.7 Å². The SMILES string of the molecule is CC(C)C1NC(CN(C)C(=O)NC(CCNC(=O)OC(C)(C)C)C(=O)NC(CCC(Cc2ccccc2)NC(=O)OCc2cncs2)Cc2ccccc2)=CS1. The van der Waals surface area contributed by atoms with E-state index in [2.05, 4.69) is 45.4 Å². The topological polar surface area (TPSA) is 163 Å². The molecular weight excluding hydrogens is 751 g/mol. The van der Waals surface area contributed by atoms with Gasteiger partial charge < -0.3 is 41.0 Å². The molecule has 2 aromatic carbocycles. The summed E-state index contributed by atoms with van der Waals surface area (Å²) in [6.07, 6.45) is 2.77. The van der Waals surface area contributed by atoms with Crippen LogP contribution >= 0.6 is 23.1 Å². The number of urea groups is 1. The summed E-state index contributed by atoms with van der Waals surface area (Å²) in [5, 5.41) is 17.6. The van der Waals surface area contributed by atoms with Crippen molar-refractivity contribution in [3.63, 3.8) is 0 Å². The Balaban J connectivity index is 1.47. The highest BCUT2D eigenvalue weighted by Gasteiger charge is 2.28. The lowest BCUT2D eigenvalue weighted by Crippen LogP contribution is -2.54. The second-order valence-corrected chi connectivity index (χ2v) is 17.2. The maximum atomic E-state index is 14.2. The van der Waals surface area contributed by atoms with Gasteiger partial charge in [-0.25, -0.2) is 14.4 Å². The zero-order valence-electron chi connectivity index (χ0n) is 33.2. The Morgan fingerprint density at radius 3 is 2.05 bits per heavy atom. The van der Waals surface area contributed by atoms with Gasteiger partial charge in [0.25, 0.3) is 0 Å². The van der Waals surface area contributed by atoms with Crippen LogP contribution in [0.5, 0.6) is 0 Å². The van der Waals surface area contributed by atoms with Gasteiger partial charge in [-0.1, -0.05) is 74.5 Å². The Morgan fingerprint density at radius 1 is 0.875 bits per heavy atom. The first kappa shape index (κ1) is 44.0. The number of hydrogen-bond donors (Lipinski definition) is 5. The van der Waals surface area contributed by atoms with E-state index in [0.29, 0.717) is 38.1 Å². The first-order chi connectivity index (χ1) is 26.7. The Hall–Kier alpha value is -4.76. The van der Waals surface area contributed by atoms with Gasteiger partial charge in [0, 0.05) is 37.6 Å². The first-order valence-corrected chi connectivity index (χ1v) is 20.8. The van der Waals surface area contributed by atoms with Gasteiger partial charge in [-0.2, -0.15) is 0 Å². The number of alkyl carbamates (subject to hydrolysis) is 2. The summed E-state index contributed by atoms with van der Waals surface area (Å²) in [5.74, 6) is 0.0264. The molecule has 56 heavy (non-hydrogen) atoms. The average Bonchev–Trinajstić information content (AvgIpc) is 3.85. The van der Waals surface area contributed by atoms with Crippen LogP contribution in [0.15, 0.2) is 83.5 Å². The maximum Gasteiger partial charge on any atom is 0.407 e. The molecule has 4 unspecified atom stereocenters. The van der Waals surface area contributed by atoms with Crippen LogP contribution in [0, 0.1) is 5.92 Å². The lowest BCUT2D eigenvalue weighted by atomic mass is 9.95. The molecule has 4 atom stereocenters. The summed E-state index contributed by atoms with van der Waals surface area (Å²) in [5.41, 5.74) is 4.00. The average molecular weight is 808 g/mol. The minimum absolute atomic E-state index is 0.0898. The van der Waals surface area contributed by atoms with Gasteiger partial charge in [0.15, 0.2) is 0 Å². The summed E-state index contributed by atoms with van der Waals surface area (Å²) in [6.45, 7) is 10.1. The second kappa shape index (κ2) is 22.1. The highest BCUT2D eigenvalue weighted by molar-refractivity contribution is 8.03. The van der Waals surface area contributed by atoms with Crippen molar-refractivity contribution in [3.8, 4) is 0 Å². The number of nitrogens with zero attached hydrogens (tertiary/aromatic N) is 2. The van der Waals surface area contributed by atoms with Crippen LogP contribution in [0.2, 0.25) is 0 Å². The van der Waals surface area contributed by atoms with E-state index in [0.717, 1.165) is 21.7 Å². The maximum absolute atomic E-state index is 14.2. The molecule has 0 bridgehead atoms. The van der Waals surface area contributed by atoms with E-state index in [4.69, 9.17) is 9.47 Å².